The van der Waals surface area contributed by atoms with Crippen LogP contribution in [0.4, 0.5) is 0 Å². The lowest BCUT2D eigenvalue weighted by molar-refractivity contribution is 1.46. The molecule has 0 N–H and O–H groups in total. The fourth-order valence-corrected chi connectivity index (χ4v) is 2.02. The smallest absolute Gasteiger partial charge is 0.0315 e. The van der Waals surface area contributed by atoms with Gasteiger partial charge in [0.2, 0.25) is 0 Å². The Labute approximate surface area is 76.8 Å². The topological polar surface area (TPSA) is 0 Å². The molecule has 1 aromatic carbocycles. The first kappa shape index (κ1) is 9.01. The second-order valence-corrected chi connectivity index (χ2v) is 4.00. The Morgan fingerprint density at radius 2 is 2.00 bits per heavy atom. The van der Waals surface area contributed by atoms with E-state index in [1.165, 1.54) is 4.90 Å². The largest absolute Gasteiger partial charge is 0.164 e. The molecule has 1 aromatic rings. The molecule has 0 nitrogen and oxygen atoms in total. The summed E-state index contributed by atoms with van der Waals surface area (Å²) in [6.07, 6.45) is 2.11. The van der Waals surface area contributed by atoms with E-state index in [9.17, 15) is 0 Å². The van der Waals surface area contributed by atoms with E-state index in [0.717, 1.165) is 5.75 Å². The minimum absolute atomic E-state index is 1.11. The van der Waals surface area contributed by atoms with E-state index in [1.807, 2.05) is 17.8 Å². The highest BCUT2D eigenvalue weighted by atomic mass is 32.2. The third-order valence-electron chi connectivity index (χ3n) is 1.20. The summed E-state index contributed by atoms with van der Waals surface area (Å²) in [4.78, 5) is 1.32. The van der Waals surface area contributed by atoms with Crippen molar-refractivity contribution in [2.24, 2.45) is 0 Å². The van der Waals surface area contributed by atoms with Crippen LogP contribution < -0.4 is 0 Å². The molecule has 0 spiro atoms. The zero-order valence-electron chi connectivity index (χ0n) is 6.49. The maximum absolute atomic E-state index is 2.22. The lowest BCUT2D eigenvalue weighted by Gasteiger charge is -1.97. The molecule has 0 aliphatic heterocycles. The van der Waals surface area contributed by atoms with Crippen LogP contribution in [0, 0.1) is 5.75 Å². The Morgan fingerprint density at radius 1 is 1.27 bits per heavy atom. The van der Waals surface area contributed by atoms with Gasteiger partial charge in [0.05, 0.1) is 0 Å². The third kappa shape index (κ3) is 3.73. The van der Waals surface area contributed by atoms with Crippen molar-refractivity contribution in [1.82, 2.24) is 0 Å². The monoisotopic (exact) mass is 183 g/mol. The van der Waals surface area contributed by atoms with Gasteiger partial charge in [0.1, 0.15) is 0 Å². The fourth-order valence-electron chi connectivity index (χ4n) is 0.697. The highest BCUT2D eigenvalue weighted by Crippen LogP contribution is 2.20. The summed E-state index contributed by atoms with van der Waals surface area (Å²) in [5, 5.41) is 0. The van der Waals surface area contributed by atoms with Crippen molar-refractivity contribution >= 4 is 23.5 Å². The van der Waals surface area contributed by atoms with Crippen LogP contribution in [-0.2, 0) is 0 Å². The molecule has 59 valence electrons. The minimum Gasteiger partial charge on any atom is -0.164 e. The molecule has 1 rings (SSSR count). The number of benzene rings is 1. The van der Waals surface area contributed by atoms with E-state index in [1.54, 1.807) is 11.8 Å². The van der Waals surface area contributed by atoms with E-state index < -0.39 is 0 Å². The quantitative estimate of drug-likeness (QED) is 0.519. The molecule has 0 heterocycles. The van der Waals surface area contributed by atoms with Crippen molar-refractivity contribution in [3.63, 3.8) is 0 Å². The molecule has 0 aliphatic rings. The zero-order valence-corrected chi connectivity index (χ0v) is 8.12. The van der Waals surface area contributed by atoms with Gasteiger partial charge in [-0.3, -0.25) is 0 Å². The third-order valence-corrected chi connectivity index (χ3v) is 2.79. The van der Waals surface area contributed by atoms with Gasteiger partial charge in [0.25, 0.3) is 0 Å². The van der Waals surface area contributed by atoms with Crippen LogP contribution in [0.25, 0.3) is 0 Å². The van der Waals surface area contributed by atoms with E-state index in [0.29, 0.717) is 0 Å². The average molecular weight is 183 g/mol. The van der Waals surface area contributed by atoms with Gasteiger partial charge in [-0.1, -0.05) is 18.2 Å². The van der Waals surface area contributed by atoms with Gasteiger partial charge >= 0.3 is 0 Å². The maximum Gasteiger partial charge on any atom is 0.0315 e. The molecule has 0 aromatic heterocycles. The van der Waals surface area contributed by atoms with Crippen molar-refractivity contribution in [2.75, 3.05) is 12.0 Å². The molecule has 0 bridgehead atoms. The average Bonchev–Trinajstić information content (AvgIpc) is 2.07. The lowest BCUT2D eigenvalue weighted by Crippen LogP contribution is -1.73. The van der Waals surface area contributed by atoms with Crippen LogP contribution in [0.5, 0.6) is 0 Å². The summed E-state index contributed by atoms with van der Waals surface area (Å²) in [6, 6.07) is 10.4. The van der Waals surface area contributed by atoms with Crippen molar-refractivity contribution in [2.45, 2.75) is 4.90 Å². The van der Waals surface area contributed by atoms with Gasteiger partial charge in [0, 0.05) is 16.4 Å². The fraction of sp³-hybridized carbons (Fsp3) is 0.222. The van der Waals surface area contributed by atoms with Gasteiger partial charge in [-0.15, -0.1) is 11.8 Å². The van der Waals surface area contributed by atoms with E-state index in [2.05, 4.69) is 36.3 Å². The first-order valence-corrected chi connectivity index (χ1v) is 5.73. The summed E-state index contributed by atoms with van der Waals surface area (Å²) in [5.74, 6) is 3.33. The second-order valence-electron chi connectivity index (χ2n) is 2.05. The van der Waals surface area contributed by atoms with E-state index in [4.69, 9.17) is 0 Å². The summed E-state index contributed by atoms with van der Waals surface area (Å²) < 4.78 is 0. The number of hydrogen-bond acceptors (Lipinski definition) is 2. The first-order chi connectivity index (χ1) is 5.43. The Balaban J connectivity index is 2.28. The number of thioether (sulfide) groups is 2. The summed E-state index contributed by atoms with van der Waals surface area (Å²) in [6.45, 7) is 0. The molecule has 0 saturated heterocycles. The maximum atomic E-state index is 2.22. The Morgan fingerprint density at radius 3 is 2.64 bits per heavy atom. The molecule has 0 fully saturated rings. The van der Waals surface area contributed by atoms with Crippen molar-refractivity contribution < 1.29 is 0 Å². The molecule has 0 amide bonds. The Kier molecular flexibility index (Phi) is 4.55. The SMILES string of the molecule is CSC[CH]Sc1ccccc1. The zero-order chi connectivity index (χ0) is 7.94. The normalized spacial score (nSPS) is 9.91. The van der Waals surface area contributed by atoms with Crippen LogP contribution in [0.3, 0.4) is 0 Å². The molecule has 0 unspecified atom stereocenters. The van der Waals surface area contributed by atoms with Gasteiger partial charge < -0.3 is 0 Å². The van der Waals surface area contributed by atoms with Crippen LogP contribution in [0.15, 0.2) is 35.2 Å². The predicted octanol–water partition coefficient (Wildman–Crippen LogP) is 3.30. The molecular weight excluding hydrogens is 172 g/mol. The molecular formula is C9H11S2. The molecule has 0 atom stereocenters. The molecule has 11 heavy (non-hydrogen) atoms. The summed E-state index contributed by atoms with van der Waals surface area (Å²) in [7, 11) is 0. The molecule has 0 aliphatic carbocycles. The number of hydrogen-bond donors (Lipinski definition) is 0. The predicted molar refractivity (Wildman–Crippen MR) is 55.0 cm³/mol. The van der Waals surface area contributed by atoms with E-state index >= 15 is 0 Å². The molecule has 0 saturated carbocycles. The van der Waals surface area contributed by atoms with Crippen LogP contribution >= 0.6 is 23.5 Å². The van der Waals surface area contributed by atoms with E-state index in [-0.39, 0.29) is 0 Å². The highest BCUT2D eigenvalue weighted by Gasteiger charge is 1.90. The summed E-state index contributed by atoms with van der Waals surface area (Å²) >= 11 is 3.64. The minimum atomic E-state index is 1.11. The molecule has 1 radical (unpaired) electrons. The summed E-state index contributed by atoms with van der Waals surface area (Å²) in [5.41, 5.74) is 0. The van der Waals surface area contributed by atoms with Gasteiger partial charge in [-0.05, 0) is 18.4 Å². The van der Waals surface area contributed by atoms with Crippen molar-refractivity contribution in [3.05, 3.63) is 36.1 Å². The lowest BCUT2D eigenvalue weighted by atomic mass is 10.4. The van der Waals surface area contributed by atoms with Crippen molar-refractivity contribution in [1.29, 1.82) is 0 Å². The van der Waals surface area contributed by atoms with Gasteiger partial charge in [0.15, 0.2) is 0 Å². The number of rotatable bonds is 4. The van der Waals surface area contributed by atoms with Gasteiger partial charge in [-0.2, -0.15) is 11.8 Å². The van der Waals surface area contributed by atoms with Crippen molar-refractivity contribution in [3.8, 4) is 0 Å². The highest BCUT2D eigenvalue weighted by molar-refractivity contribution is 8.04. The Hall–Kier alpha value is -0.0800. The molecule has 2 heteroatoms. The van der Waals surface area contributed by atoms with Crippen LogP contribution in [0.2, 0.25) is 0 Å². The second kappa shape index (κ2) is 5.56. The Bertz CT molecular complexity index is 184. The van der Waals surface area contributed by atoms with Gasteiger partial charge in [-0.25, -0.2) is 0 Å². The standard InChI is InChI=1S/C9H11S2/c1-10-7-8-11-9-5-3-2-4-6-9/h2-6,8H,7H2,1H3. The first-order valence-electron chi connectivity index (χ1n) is 3.46. The van der Waals surface area contributed by atoms with Crippen LogP contribution in [0.1, 0.15) is 0 Å². The van der Waals surface area contributed by atoms with Crippen LogP contribution in [-0.4, -0.2) is 12.0 Å².